The Hall–Kier alpha value is -3.36. The Labute approximate surface area is 121 Å². The molecule has 0 saturated heterocycles. The van der Waals surface area contributed by atoms with Crippen LogP contribution in [0.4, 0.5) is 0 Å². The fourth-order valence-electron chi connectivity index (χ4n) is 2.50. The first-order valence-corrected chi connectivity index (χ1v) is 6.07. The minimum absolute atomic E-state index is 0.0702. The first kappa shape index (κ1) is 14.1. The highest BCUT2D eigenvalue weighted by molar-refractivity contribution is 6.10. The van der Waals surface area contributed by atoms with Gasteiger partial charge >= 0.3 is 0 Å². The van der Waals surface area contributed by atoms with Gasteiger partial charge in [0, 0.05) is 11.1 Å². The predicted octanol–water partition coefficient (Wildman–Crippen LogP) is 1.81. The third-order valence-electron chi connectivity index (χ3n) is 3.40. The second-order valence-electron chi connectivity index (χ2n) is 4.55. The molecule has 1 aromatic rings. The van der Waals surface area contributed by atoms with Gasteiger partial charge in [-0.25, -0.2) is 0 Å². The molecule has 0 aliphatic heterocycles. The topological polar surface area (TPSA) is 114 Å². The highest BCUT2D eigenvalue weighted by Gasteiger charge is 2.49. The van der Waals surface area contributed by atoms with Crippen LogP contribution >= 0.6 is 0 Å². The van der Waals surface area contributed by atoms with Gasteiger partial charge in [-0.2, -0.15) is 15.8 Å². The van der Waals surface area contributed by atoms with Gasteiger partial charge in [-0.05, 0) is 12.5 Å². The summed E-state index contributed by atoms with van der Waals surface area (Å²) in [6, 6.07) is 14.1. The summed E-state index contributed by atoms with van der Waals surface area (Å²) in [5.41, 5.74) is 4.53. The first-order chi connectivity index (χ1) is 10.0. The van der Waals surface area contributed by atoms with Crippen molar-refractivity contribution in [3.63, 3.8) is 0 Å². The lowest BCUT2D eigenvalue weighted by Crippen LogP contribution is -2.19. The van der Waals surface area contributed by atoms with E-state index in [1.165, 1.54) is 6.92 Å². The minimum atomic E-state index is -1.85. The second-order valence-corrected chi connectivity index (χ2v) is 4.55. The molecule has 0 unspecified atom stereocenters. The maximum atomic E-state index is 11.9. The molecule has 0 fully saturated rings. The van der Waals surface area contributed by atoms with Gasteiger partial charge in [-0.3, -0.25) is 4.79 Å². The molecule has 2 rings (SSSR count). The van der Waals surface area contributed by atoms with Crippen LogP contribution in [0.5, 0.6) is 0 Å². The number of hydrogen-bond acceptors (Lipinski definition) is 5. The molecule has 0 heterocycles. The highest BCUT2D eigenvalue weighted by atomic mass is 16.1. The fourth-order valence-corrected chi connectivity index (χ4v) is 2.50. The van der Waals surface area contributed by atoms with E-state index in [-0.39, 0.29) is 28.2 Å². The number of carbonyl (C=O) groups excluding carboxylic acids is 1. The molecular formula is C16H10N4O. The zero-order valence-corrected chi connectivity index (χ0v) is 11.2. The molecule has 5 nitrogen and oxygen atoms in total. The molecule has 0 radical (unpaired) electrons. The van der Waals surface area contributed by atoms with Crippen LogP contribution < -0.4 is 5.73 Å². The minimum Gasteiger partial charge on any atom is -0.397 e. The number of hydrogen-bond donors (Lipinski definition) is 1. The van der Waals surface area contributed by atoms with Gasteiger partial charge in [0.15, 0.2) is 5.78 Å². The molecule has 0 amide bonds. The monoisotopic (exact) mass is 274 g/mol. The van der Waals surface area contributed by atoms with Crippen LogP contribution in [0.1, 0.15) is 12.5 Å². The Morgan fingerprint density at radius 2 is 1.71 bits per heavy atom. The number of allylic oxidation sites excluding steroid dienone is 3. The summed E-state index contributed by atoms with van der Waals surface area (Å²) in [5.74, 6) is -0.383. The van der Waals surface area contributed by atoms with E-state index < -0.39 is 5.41 Å². The molecule has 5 heteroatoms. The maximum absolute atomic E-state index is 11.9. The van der Waals surface area contributed by atoms with E-state index in [1.807, 2.05) is 12.1 Å². The summed E-state index contributed by atoms with van der Waals surface area (Å²) in [5, 5.41) is 28.3. The Morgan fingerprint density at radius 3 is 2.14 bits per heavy atom. The molecule has 0 saturated carbocycles. The lowest BCUT2D eigenvalue weighted by atomic mass is 9.76. The summed E-state index contributed by atoms with van der Waals surface area (Å²) in [6.07, 6.45) is 0. The molecule has 1 aromatic carbocycles. The van der Waals surface area contributed by atoms with Crippen molar-refractivity contribution in [3.8, 4) is 18.2 Å². The fraction of sp³-hybridized carbons (Fsp3) is 0.125. The van der Waals surface area contributed by atoms with Gasteiger partial charge in [0.05, 0.1) is 23.4 Å². The van der Waals surface area contributed by atoms with Crippen LogP contribution in [0.15, 0.2) is 47.2 Å². The van der Waals surface area contributed by atoms with Crippen LogP contribution in [0, 0.1) is 39.4 Å². The van der Waals surface area contributed by atoms with Gasteiger partial charge in [0.1, 0.15) is 6.07 Å². The van der Waals surface area contributed by atoms with Crippen molar-refractivity contribution in [2.45, 2.75) is 6.92 Å². The normalized spacial score (nSPS) is 16.1. The zero-order chi connectivity index (χ0) is 15.6. The summed E-state index contributed by atoms with van der Waals surface area (Å²) >= 11 is 0. The molecule has 0 bridgehead atoms. The van der Waals surface area contributed by atoms with Crippen LogP contribution in [0.2, 0.25) is 0 Å². The molecule has 0 spiro atoms. The van der Waals surface area contributed by atoms with Crippen molar-refractivity contribution in [2.24, 2.45) is 11.1 Å². The number of carbonyl (C=O) groups is 1. The lowest BCUT2D eigenvalue weighted by molar-refractivity contribution is -0.113. The lowest BCUT2D eigenvalue weighted by Gasteiger charge is -2.18. The van der Waals surface area contributed by atoms with Gasteiger partial charge in [-0.15, -0.1) is 0 Å². The zero-order valence-electron chi connectivity index (χ0n) is 11.2. The van der Waals surface area contributed by atoms with E-state index in [9.17, 15) is 20.6 Å². The van der Waals surface area contributed by atoms with Gasteiger partial charge in [0.2, 0.25) is 5.41 Å². The number of nitrogens with zero attached hydrogens (tertiary/aromatic N) is 3. The maximum Gasteiger partial charge on any atom is 0.206 e. The molecule has 1 aliphatic rings. The third-order valence-corrected chi connectivity index (χ3v) is 3.40. The van der Waals surface area contributed by atoms with Gasteiger partial charge in [-0.1, -0.05) is 30.3 Å². The van der Waals surface area contributed by atoms with Crippen molar-refractivity contribution in [3.05, 3.63) is 52.7 Å². The number of rotatable bonds is 2. The smallest absolute Gasteiger partial charge is 0.206 e. The number of nitrogens with two attached hydrogens (primary N) is 1. The van der Waals surface area contributed by atoms with Crippen LogP contribution in [-0.4, -0.2) is 5.78 Å². The van der Waals surface area contributed by atoms with E-state index in [0.717, 1.165) is 0 Å². The van der Waals surface area contributed by atoms with Crippen molar-refractivity contribution in [1.29, 1.82) is 15.8 Å². The van der Waals surface area contributed by atoms with Crippen LogP contribution in [-0.2, 0) is 4.79 Å². The van der Waals surface area contributed by atoms with Gasteiger partial charge < -0.3 is 5.73 Å². The molecule has 100 valence electrons. The Kier molecular flexibility index (Phi) is 3.32. The molecule has 21 heavy (non-hydrogen) atoms. The number of ketones is 1. The van der Waals surface area contributed by atoms with Crippen molar-refractivity contribution in [2.75, 3.05) is 0 Å². The SMILES string of the molecule is CC(=O)C1=C(c2ccccc2)C(C#N)(C#N)C(C#N)=C1N. The predicted molar refractivity (Wildman–Crippen MR) is 74.5 cm³/mol. The van der Waals surface area contributed by atoms with Crippen LogP contribution in [0.3, 0.4) is 0 Å². The average Bonchev–Trinajstić information content (AvgIpc) is 2.76. The summed E-state index contributed by atoms with van der Waals surface area (Å²) < 4.78 is 0. The molecule has 0 atom stereocenters. The van der Waals surface area contributed by atoms with E-state index in [2.05, 4.69) is 0 Å². The standard InChI is InChI=1S/C16H10N4O/c1-10(21)13-14(11-5-3-2-4-6-11)16(8-18,9-19)12(7-17)15(13)20/h2-6H,20H2,1H3. The van der Waals surface area contributed by atoms with E-state index >= 15 is 0 Å². The van der Waals surface area contributed by atoms with E-state index in [1.54, 1.807) is 36.4 Å². The van der Waals surface area contributed by atoms with E-state index in [0.29, 0.717) is 5.56 Å². The molecule has 2 N–H and O–H groups in total. The van der Waals surface area contributed by atoms with Crippen molar-refractivity contribution < 1.29 is 4.79 Å². The summed E-state index contributed by atoms with van der Waals surface area (Å²) in [6.45, 7) is 1.30. The third kappa shape index (κ3) is 1.79. The largest absolute Gasteiger partial charge is 0.397 e. The number of nitriles is 3. The first-order valence-electron chi connectivity index (χ1n) is 6.07. The summed E-state index contributed by atoms with van der Waals surface area (Å²) in [4.78, 5) is 11.9. The Morgan fingerprint density at radius 1 is 1.14 bits per heavy atom. The molecule has 0 aromatic heterocycles. The average molecular weight is 274 g/mol. The number of benzene rings is 1. The quantitative estimate of drug-likeness (QED) is 0.883. The highest BCUT2D eigenvalue weighted by Crippen LogP contribution is 2.50. The van der Waals surface area contributed by atoms with Crippen molar-refractivity contribution in [1.82, 2.24) is 0 Å². The van der Waals surface area contributed by atoms with Crippen molar-refractivity contribution >= 4 is 11.4 Å². The van der Waals surface area contributed by atoms with Crippen LogP contribution in [0.25, 0.3) is 5.57 Å². The Balaban J connectivity index is 2.94. The van der Waals surface area contributed by atoms with E-state index in [4.69, 9.17) is 5.73 Å². The molecule has 1 aliphatic carbocycles. The molecular weight excluding hydrogens is 264 g/mol. The summed E-state index contributed by atoms with van der Waals surface area (Å²) in [7, 11) is 0. The van der Waals surface area contributed by atoms with Gasteiger partial charge in [0.25, 0.3) is 0 Å². The number of Topliss-reactive ketones (excluding diaryl/α,β-unsaturated/α-hetero) is 1. The Bertz CT molecular complexity index is 797. The second kappa shape index (κ2) is 4.96.